The molecule has 0 bridgehead atoms. The summed E-state index contributed by atoms with van der Waals surface area (Å²) in [6.07, 6.45) is 0.445. The second-order valence-electron chi connectivity index (χ2n) is 4.18. The predicted octanol–water partition coefficient (Wildman–Crippen LogP) is 1.13. The Morgan fingerprint density at radius 1 is 1.53 bits per heavy atom. The van der Waals surface area contributed by atoms with Crippen LogP contribution in [0.15, 0.2) is 24.3 Å². The van der Waals surface area contributed by atoms with Crippen molar-refractivity contribution in [2.24, 2.45) is 5.73 Å². The van der Waals surface area contributed by atoms with E-state index in [0.29, 0.717) is 25.2 Å². The molecule has 1 saturated heterocycles. The van der Waals surface area contributed by atoms with Crippen LogP contribution in [0.5, 0.6) is 0 Å². The first kappa shape index (κ1) is 12.0. The third-order valence-corrected chi connectivity index (χ3v) is 2.95. The largest absolute Gasteiger partial charge is 0.329 e. The van der Waals surface area contributed by atoms with Gasteiger partial charge in [0.25, 0.3) is 0 Å². The molecule has 92 valence electrons. The van der Waals surface area contributed by atoms with Crippen molar-refractivity contribution in [2.45, 2.75) is 19.4 Å². The Morgan fingerprint density at radius 3 is 2.94 bits per heavy atom. The summed E-state index contributed by atoms with van der Waals surface area (Å²) in [5.41, 5.74) is 6.18. The summed E-state index contributed by atoms with van der Waals surface area (Å²) in [6.45, 7) is 3.04. The van der Waals surface area contributed by atoms with Gasteiger partial charge in [-0.2, -0.15) is 0 Å². The fourth-order valence-electron chi connectivity index (χ4n) is 2.00. The highest BCUT2D eigenvalue weighted by atomic mass is 19.1. The van der Waals surface area contributed by atoms with Crippen molar-refractivity contribution in [1.82, 2.24) is 5.01 Å². The van der Waals surface area contributed by atoms with Crippen molar-refractivity contribution in [3.8, 4) is 0 Å². The Labute approximate surface area is 99.8 Å². The van der Waals surface area contributed by atoms with Crippen LogP contribution in [0.2, 0.25) is 0 Å². The lowest BCUT2D eigenvalue weighted by molar-refractivity contribution is -0.118. The summed E-state index contributed by atoms with van der Waals surface area (Å²) in [7, 11) is 0. The van der Waals surface area contributed by atoms with Gasteiger partial charge in [-0.3, -0.25) is 4.79 Å². The highest BCUT2D eigenvalue weighted by Crippen LogP contribution is 2.24. The maximum Gasteiger partial charge on any atom is 0.242 e. The molecule has 2 rings (SSSR count). The maximum atomic E-state index is 13.2. The average Bonchev–Trinajstić information content (AvgIpc) is 2.70. The minimum atomic E-state index is -0.345. The van der Waals surface area contributed by atoms with Crippen LogP contribution in [-0.4, -0.2) is 30.0 Å². The topological polar surface area (TPSA) is 49.6 Å². The van der Waals surface area contributed by atoms with Gasteiger partial charge in [0, 0.05) is 25.6 Å². The summed E-state index contributed by atoms with van der Waals surface area (Å²) in [6, 6.07) is 6.11. The molecule has 0 spiro atoms. The zero-order chi connectivity index (χ0) is 12.4. The molecule has 0 saturated carbocycles. The number of hydrogen-bond donors (Lipinski definition) is 1. The number of carbonyl (C=O) groups is 1. The molecule has 1 aliphatic rings. The molecule has 1 fully saturated rings. The molecule has 2 N–H and O–H groups in total. The molecule has 1 aliphatic heterocycles. The smallest absolute Gasteiger partial charge is 0.242 e. The Hall–Kier alpha value is -1.46. The number of hydrogen-bond acceptors (Lipinski definition) is 3. The molecule has 1 aromatic rings. The summed E-state index contributed by atoms with van der Waals surface area (Å²) < 4.78 is 13.2. The minimum absolute atomic E-state index is 0.0177. The predicted molar refractivity (Wildman–Crippen MR) is 63.7 cm³/mol. The van der Waals surface area contributed by atoms with Crippen LogP contribution in [0.25, 0.3) is 0 Å². The van der Waals surface area contributed by atoms with E-state index < -0.39 is 0 Å². The van der Waals surface area contributed by atoms with Crippen LogP contribution in [0.1, 0.15) is 13.3 Å². The second-order valence-corrected chi connectivity index (χ2v) is 4.18. The van der Waals surface area contributed by atoms with E-state index in [-0.39, 0.29) is 17.8 Å². The number of hydrazine groups is 1. The SMILES string of the molecule is CC(CN)N1CCC(=O)N1c1cccc(F)c1. The third kappa shape index (κ3) is 2.30. The number of benzene rings is 1. The van der Waals surface area contributed by atoms with Crippen LogP contribution < -0.4 is 10.7 Å². The summed E-state index contributed by atoms with van der Waals surface area (Å²) in [4.78, 5) is 11.8. The van der Waals surface area contributed by atoms with Gasteiger partial charge in [0.05, 0.1) is 5.69 Å². The van der Waals surface area contributed by atoms with Gasteiger partial charge >= 0.3 is 0 Å². The monoisotopic (exact) mass is 237 g/mol. The average molecular weight is 237 g/mol. The molecular formula is C12H16FN3O. The molecule has 1 amide bonds. The normalized spacial score (nSPS) is 18.8. The minimum Gasteiger partial charge on any atom is -0.329 e. The molecule has 1 atom stereocenters. The molecule has 17 heavy (non-hydrogen) atoms. The van der Waals surface area contributed by atoms with E-state index in [1.165, 1.54) is 17.1 Å². The van der Waals surface area contributed by atoms with E-state index in [0.717, 1.165) is 0 Å². The first-order chi connectivity index (χ1) is 8.13. The molecule has 0 radical (unpaired) electrons. The lowest BCUT2D eigenvalue weighted by Crippen LogP contribution is -2.47. The first-order valence-corrected chi connectivity index (χ1v) is 5.68. The van der Waals surface area contributed by atoms with E-state index in [4.69, 9.17) is 5.73 Å². The zero-order valence-corrected chi connectivity index (χ0v) is 9.77. The Morgan fingerprint density at radius 2 is 2.29 bits per heavy atom. The van der Waals surface area contributed by atoms with Crippen LogP contribution in [-0.2, 0) is 4.79 Å². The first-order valence-electron chi connectivity index (χ1n) is 5.68. The van der Waals surface area contributed by atoms with E-state index >= 15 is 0 Å². The third-order valence-electron chi connectivity index (χ3n) is 2.95. The molecule has 1 heterocycles. The standard InChI is InChI=1S/C12H16FN3O/c1-9(8-14)15-6-5-12(17)16(15)11-4-2-3-10(13)7-11/h2-4,7,9H,5-6,8,14H2,1H3. The van der Waals surface area contributed by atoms with Crippen LogP contribution in [0.4, 0.5) is 10.1 Å². The number of amides is 1. The number of nitrogens with two attached hydrogens (primary N) is 1. The van der Waals surface area contributed by atoms with Crippen molar-refractivity contribution in [2.75, 3.05) is 18.1 Å². The molecular weight excluding hydrogens is 221 g/mol. The summed E-state index contributed by atoms with van der Waals surface area (Å²) >= 11 is 0. The van der Waals surface area contributed by atoms with Crippen LogP contribution in [0.3, 0.4) is 0 Å². The number of nitrogens with zero attached hydrogens (tertiary/aromatic N) is 2. The van der Waals surface area contributed by atoms with Gasteiger partial charge in [0.2, 0.25) is 5.91 Å². The number of carbonyl (C=O) groups excluding carboxylic acids is 1. The van der Waals surface area contributed by atoms with E-state index in [2.05, 4.69) is 0 Å². The van der Waals surface area contributed by atoms with Gasteiger partial charge < -0.3 is 5.73 Å². The Bertz CT molecular complexity index is 424. The van der Waals surface area contributed by atoms with Gasteiger partial charge in [-0.05, 0) is 25.1 Å². The number of halogens is 1. The maximum absolute atomic E-state index is 13.2. The van der Waals surface area contributed by atoms with Crippen molar-refractivity contribution >= 4 is 11.6 Å². The lowest BCUT2D eigenvalue weighted by Gasteiger charge is -2.32. The molecule has 1 unspecified atom stereocenters. The quantitative estimate of drug-likeness (QED) is 0.857. The van der Waals surface area contributed by atoms with Crippen LogP contribution >= 0.6 is 0 Å². The fourth-order valence-corrected chi connectivity index (χ4v) is 2.00. The number of anilines is 1. The molecule has 0 aliphatic carbocycles. The van der Waals surface area contributed by atoms with Gasteiger partial charge in [-0.1, -0.05) is 6.07 Å². The lowest BCUT2D eigenvalue weighted by atomic mass is 10.3. The van der Waals surface area contributed by atoms with Gasteiger partial charge in [0.1, 0.15) is 5.82 Å². The zero-order valence-electron chi connectivity index (χ0n) is 9.77. The van der Waals surface area contributed by atoms with Crippen LogP contribution in [0, 0.1) is 5.82 Å². The Balaban J connectivity index is 2.30. The van der Waals surface area contributed by atoms with Crippen molar-refractivity contribution < 1.29 is 9.18 Å². The van der Waals surface area contributed by atoms with Crippen molar-refractivity contribution in [3.05, 3.63) is 30.1 Å². The summed E-state index contributed by atoms with van der Waals surface area (Å²) in [5, 5.41) is 3.41. The second kappa shape index (κ2) is 4.81. The molecule has 0 aromatic heterocycles. The fraction of sp³-hybridized carbons (Fsp3) is 0.417. The Kier molecular flexibility index (Phi) is 3.40. The van der Waals surface area contributed by atoms with Gasteiger partial charge in [-0.25, -0.2) is 14.4 Å². The molecule has 1 aromatic carbocycles. The van der Waals surface area contributed by atoms with E-state index in [1.807, 2.05) is 11.9 Å². The number of rotatable bonds is 3. The molecule has 4 nitrogen and oxygen atoms in total. The van der Waals surface area contributed by atoms with Crippen molar-refractivity contribution in [1.29, 1.82) is 0 Å². The van der Waals surface area contributed by atoms with Crippen molar-refractivity contribution in [3.63, 3.8) is 0 Å². The summed E-state index contributed by atoms with van der Waals surface area (Å²) in [5.74, 6) is -0.363. The molecule has 5 heteroatoms. The van der Waals surface area contributed by atoms with Gasteiger partial charge in [0.15, 0.2) is 0 Å². The van der Waals surface area contributed by atoms with E-state index in [1.54, 1.807) is 12.1 Å². The highest BCUT2D eigenvalue weighted by molar-refractivity contribution is 5.94. The highest BCUT2D eigenvalue weighted by Gasteiger charge is 2.32. The van der Waals surface area contributed by atoms with E-state index in [9.17, 15) is 9.18 Å². The van der Waals surface area contributed by atoms with Gasteiger partial charge in [-0.15, -0.1) is 0 Å².